The highest BCUT2D eigenvalue weighted by molar-refractivity contribution is 9.10. The van der Waals surface area contributed by atoms with E-state index < -0.39 is 0 Å². The number of benzene rings is 2. The molecule has 0 aliphatic carbocycles. The summed E-state index contributed by atoms with van der Waals surface area (Å²) in [5.41, 5.74) is 1.62. The molecule has 4 heteroatoms. The summed E-state index contributed by atoms with van der Waals surface area (Å²) in [6.07, 6.45) is 0. The largest absolute Gasteiger partial charge is 0.456 e. The topological polar surface area (TPSA) is 49.7 Å². The van der Waals surface area contributed by atoms with Crippen molar-refractivity contribution in [3.63, 3.8) is 0 Å². The molecule has 3 nitrogen and oxygen atoms in total. The lowest BCUT2D eigenvalue weighted by molar-refractivity contribution is 0.281. The Morgan fingerprint density at radius 2 is 1.67 bits per heavy atom. The Morgan fingerprint density at radius 1 is 0.944 bits per heavy atom. The summed E-state index contributed by atoms with van der Waals surface area (Å²) in [6, 6.07) is 12.7. The number of rotatable bonds is 4. The number of aliphatic hydroxyl groups excluding tert-OH is 2. The molecule has 0 unspecified atom stereocenters. The maximum Gasteiger partial charge on any atom is 0.141 e. The molecule has 2 aromatic carbocycles. The molecule has 0 spiro atoms. The molecular weight excluding hydrogens is 296 g/mol. The summed E-state index contributed by atoms with van der Waals surface area (Å²) in [5.74, 6) is 1.33. The Morgan fingerprint density at radius 3 is 2.33 bits per heavy atom. The molecule has 0 aliphatic heterocycles. The first-order valence-corrected chi connectivity index (χ1v) is 6.29. The molecule has 0 fully saturated rings. The minimum atomic E-state index is -0.0121. The number of halogens is 1. The third-order valence-electron chi connectivity index (χ3n) is 2.49. The van der Waals surface area contributed by atoms with Gasteiger partial charge in [0.1, 0.15) is 11.5 Å². The van der Waals surface area contributed by atoms with E-state index in [-0.39, 0.29) is 13.2 Å². The van der Waals surface area contributed by atoms with Crippen LogP contribution >= 0.6 is 15.9 Å². The molecule has 0 aliphatic rings. The van der Waals surface area contributed by atoms with Crippen molar-refractivity contribution in [2.24, 2.45) is 0 Å². The van der Waals surface area contributed by atoms with E-state index in [9.17, 15) is 0 Å². The molecule has 0 atom stereocenters. The summed E-state index contributed by atoms with van der Waals surface area (Å²) < 4.78 is 6.49. The first kappa shape index (κ1) is 13.1. The molecular formula is C14H13BrO3. The van der Waals surface area contributed by atoms with Gasteiger partial charge < -0.3 is 14.9 Å². The molecule has 18 heavy (non-hydrogen) atoms. The van der Waals surface area contributed by atoms with Gasteiger partial charge in [-0.15, -0.1) is 0 Å². The summed E-state index contributed by atoms with van der Waals surface area (Å²) >= 11 is 3.40. The summed E-state index contributed by atoms with van der Waals surface area (Å²) in [7, 11) is 0. The van der Waals surface area contributed by atoms with Crippen LogP contribution in [0.15, 0.2) is 46.9 Å². The summed E-state index contributed by atoms with van der Waals surface area (Å²) in [5, 5.41) is 18.1. The second-order valence-electron chi connectivity index (χ2n) is 3.83. The number of hydrogen-bond acceptors (Lipinski definition) is 3. The Balaban J connectivity index is 2.22. The van der Waals surface area contributed by atoms with Gasteiger partial charge >= 0.3 is 0 Å². The van der Waals surface area contributed by atoms with Crippen molar-refractivity contribution in [1.29, 1.82) is 0 Å². The number of ether oxygens (including phenoxy) is 1. The fourth-order valence-corrected chi connectivity index (χ4v) is 2.07. The fraction of sp³-hybridized carbons (Fsp3) is 0.143. The fourth-order valence-electron chi connectivity index (χ4n) is 1.56. The van der Waals surface area contributed by atoms with E-state index >= 15 is 0 Å². The van der Waals surface area contributed by atoms with E-state index in [4.69, 9.17) is 14.9 Å². The predicted octanol–water partition coefficient (Wildman–Crippen LogP) is 3.23. The van der Waals surface area contributed by atoms with Crippen LogP contribution in [0.4, 0.5) is 0 Å². The molecule has 2 rings (SSSR count). The average molecular weight is 309 g/mol. The maximum atomic E-state index is 9.06. The van der Waals surface area contributed by atoms with Gasteiger partial charge in [-0.2, -0.15) is 0 Å². The summed E-state index contributed by atoms with van der Waals surface area (Å²) in [4.78, 5) is 0. The third kappa shape index (κ3) is 3.10. The maximum absolute atomic E-state index is 9.06. The van der Waals surface area contributed by atoms with Gasteiger partial charge in [0.2, 0.25) is 0 Å². The second kappa shape index (κ2) is 6.00. The van der Waals surface area contributed by atoms with Gasteiger partial charge in [-0.3, -0.25) is 0 Å². The lowest BCUT2D eigenvalue weighted by Crippen LogP contribution is -1.90. The Bertz CT molecular complexity index is 540. The lowest BCUT2D eigenvalue weighted by Gasteiger charge is -2.09. The third-order valence-corrected chi connectivity index (χ3v) is 3.11. The molecule has 94 valence electrons. The molecule has 0 radical (unpaired) electrons. The van der Waals surface area contributed by atoms with Crippen molar-refractivity contribution in [1.82, 2.24) is 0 Å². The minimum Gasteiger partial charge on any atom is -0.456 e. The molecule has 0 saturated carbocycles. The first-order valence-electron chi connectivity index (χ1n) is 5.50. The van der Waals surface area contributed by atoms with Crippen LogP contribution in [0.1, 0.15) is 11.1 Å². The average Bonchev–Trinajstić information content (AvgIpc) is 2.41. The SMILES string of the molecule is OCc1cccc(Oc2ccc(CO)cc2Br)c1. The van der Waals surface area contributed by atoms with E-state index in [1.54, 1.807) is 18.2 Å². The lowest BCUT2D eigenvalue weighted by atomic mass is 10.2. The van der Waals surface area contributed by atoms with E-state index in [0.29, 0.717) is 11.5 Å². The molecule has 0 bridgehead atoms. The van der Waals surface area contributed by atoms with Gasteiger partial charge in [-0.1, -0.05) is 18.2 Å². The van der Waals surface area contributed by atoms with E-state index in [1.165, 1.54) is 0 Å². The Hall–Kier alpha value is -1.36. The first-order chi connectivity index (χ1) is 8.72. The molecule has 2 aromatic rings. The van der Waals surface area contributed by atoms with Crippen LogP contribution < -0.4 is 4.74 Å². The second-order valence-corrected chi connectivity index (χ2v) is 4.68. The van der Waals surface area contributed by atoms with Crippen molar-refractivity contribution >= 4 is 15.9 Å². The Kier molecular flexibility index (Phi) is 4.36. The monoisotopic (exact) mass is 308 g/mol. The highest BCUT2D eigenvalue weighted by Crippen LogP contribution is 2.30. The standard InChI is InChI=1S/C14H13BrO3/c15-13-7-11(9-17)4-5-14(13)18-12-3-1-2-10(6-12)8-16/h1-7,16-17H,8-9H2. The van der Waals surface area contributed by atoms with Crippen molar-refractivity contribution < 1.29 is 14.9 Å². The van der Waals surface area contributed by atoms with Crippen LogP contribution in [0.2, 0.25) is 0 Å². The van der Waals surface area contributed by atoms with Crippen molar-refractivity contribution in [3.05, 3.63) is 58.1 Å². The molecule has 0 saturated heterocycles. The van der Waals surface area contributed by atoms with Crippen LogP contribution in [-0.4, -0.2) is 10.2 Å². The number of hydrogen-bond donors (Lipinski definition) is 2. The van der Waals surface area contributed by atoms with Gasteiger partial charge in [0.05, 0.1) is 17.7 Å². The minimum absolute atomic E-state index is 0.00111. The number of aliphatic hydroxyl groups is 2. The molecule has 2 N–H and O–H groups in total. The summed E-state index contributed by atoms with van der Waals surface area (Å²) in [6.45, 7) is -0.0132. The zero-order chi connectivity index (χ0) is 13.0. The van der Waals surface area contributed by atoms with Gasteiger partial charge in [0.25, 0.3) is 0 Å². The van der Waals surface area contributed by atoms with Gasteiger partial charge in [-0.25, -0.2) is 0 Å². The zero-order valence-corrected chi connectivity index (χ0v) is 11.2. The van der Waals surface area contributed by atoms with Crippen molar-refractivity contribution in [2.75, 3.05) is 0 Å². The normalized spacial score (nSPS) is 10.4. The van der Waals surface area contributed by atoms with Crippen LogP contribution in [0, 0.1) is 0 Å². The van der Waals surface area contributed by atoms with Gasteiger partial charge in [0, 0.05) is 0 Å². The van der Waals surface area contributed by atoms with Crippen molar-refractivity contribution in [2.45, 2.75) is 13.2 Å². The van der Waals surface area contributed by atoms with Gasteiger partial charge in [-0.05, 0) is 51.3 Å². The van der Waals surface area contributed by atoms with E-state index in [2.05, 4.69) is 15.9 Å². The Labute approximate surface area is 114 Å². The predicted molar refractivity (Wildman–Crippen MR) is 72.5 cm³/mol. The van der Waals surface area contributed by atoms with Crippen LogP contribution in [0.3, 0.4) is 0 Å². The van der Waals surface area contributed by atoms with Crippen LogP contribution in [-0.2, 0) is 13.2 Å². The van der Waals surface area contributed by atoms with E-state index in [0.717, 1.165) is 15.6 Å². The van der Waals surface area contributed by atoms with Crippen LogP contribution in [0.25, 0.3) is 0 Å². The zero-order valence-electron chi connectivity index (χ0n) is 9.64. The van der Waals surface area contributed by atoms with Crippen molar-refractivity contribution in [3.8, 4) is 11.5 Å². The van der Waals surface area contributed by atoms with E-state index in [1.807, 2.05) is 24.3 Å². The smallest absolute Gasteiger partial charge is 0.141 e. The molecule has 0 amide bonds. The highest BCUT2D eigenvalue weighted by Gasteiger charge is 2.04. The highest BCUT2D eigenvalue weighted by atomic mass is 79.9. The molecule has 0 aromatic heterocycles. The molecule has 0 heterocycles. The van der Waals surface area contributed by atoms with Gasteiger partial charge in [0.15, 0.2) is 0 Å². The quantitative estimate of drug-likeness (QED) is 0.911. The van der Waals surface area contributed by atoms with Crippen LogP contribution in [0.5, 0.6) is 11.5 Å².